The van der Waals surface area contributed by atoms with E-state index in [1.165, 1.54) is 18.9 Å². The lowest BCUT2D eigenvalue weighted by atomic mass is 10.1. The summed E-state index contributed by atoms with van der Waals surface area (Å²) in [7, 11) is 3.09. The third-order valence-electron chi connectivity index (χ3n) is 5.13. The number of carbonyl (C=O) groups excluding carboxylic acids is 2. The molecule has 2 aromatic rings. The van der Waals surface area contributed by atoms with Crippen LogP contribution in [0.1, 0.15) is 19.4 Å². The number of rotatable bonds is 6. The SMILES string of the molecule is COc1ccc(NC(=O)CSC2=Nc3ccccc3C3=NC(C(C)C)C(=O)N23)cc1OC. The largest absolute Gasteiger partial charge is 0.493 e. The third-order valence-corrected chi connectivity index (χ3v) is 6.07. The van der Waals surface area contributed by atoms with Crippen LogP contribution in [0.2, 0.25) is 0 Å². The Hall–Kier alpha value is -3.33. The van der Waals surface area contributed by atoms with Gasteiger partial charge in [-0.05, 0) is 30.2 Å². The number of para-hydroxylation sites is 1. The quantitative estimate of drug-likeness (QED) is 0.722. The van der Waals surface area contributed by atoms with Crippen molar-refractivity contribution in [1.29, 1.82) is 0 Å². The molecular weight excluding hydrogens is 428 g/mol. The van der Waals surface area contributed by atoms with E-state index in [0.29, 0.717) is 28.2 Å². The Kier molecular flexibility index (Phi) is 6.18. The maximum Gasteiger partial charge on any atom is 0.259 e. The first-order chi connectivity index (χ1) is 15.4. The Balaban J connectivity index is 1.52. The highest BCUT2D eigenvalue weighted by Crippen LogP contribution is 2.35. The third kappa shape index (κ3) is 4.08. The minimum absolute atomic E-state index is 0.0624. The molecule has 32 heavy (non-hydrogen) atoms. The molecule has 2 aliphatic heterocycles. The zero-order valence-electron chi connectivity index (χ0n) is 18.3. The summed E-state index contributed by atoms with van der Waals surface area (Å²) in [5.74, 6) is 1.50. The molecule has 0 bridgehead atoms. The van der Waals surface area contributed by atoms with Gasteiger partial charge in [-0.15, -0.1) is 0 Å². The molecule has 0 spiro atoms. The van der Waals surface area contributed by atoms with Crippen LogP contribution in [0.4, 0.5) is 11.4 Å². The molecule has 1 atom stereocenters. The molecule has 0 radical (unpaired) electrons. The molecule has 2 aromatic carbocycles. The Morgan fingerprint density at radius 2 is 1.91 bits per heavy atom. The molecule has 0 aliphatic carbocycles. The Morgan fingerprint density at radius 1 is 1.16 bits per heavy atom. The highest BCUT2D eigenvalue weighted by atomic mass is 32.2. The summed E-state index contributed by atoms with van der Waals surface area (Å²) in [5, 5.41) is 3.30. The first kappa shape index (κ1) is 21.9. The number of aliphatic imine (C=N–C) groups is 2. The number of carbonyl (C=O) groups is 2. The number of fused-ring (bicyclic) bond motifs is 3. The van der Waals surface area contributed by atoms with Gasteiger partial charge in [0.2, 0.25) is 5.91 Å². The fraction of sp³-hybridized carbons (Fsp3) is 0.304. The van der Waals surface area contributed by atoms with Crippen molar-refractivity contribution in [1.82, 2.24) is 4.90 Å². The predicted octanol–water partition coefficient (Wildman–Crippen LogP) is 3.69. The van der Waals surface area contributed by atoms with Crippen LogP contribution in [0, 0.1) is 5.92 Å². The van der Waals surface area contributed by atoms with Crippen LogP contribution >= 0.6 is 11.8 Å². The molecular formula is C23H24N4O4S. The number of hydrogen-bond donors (Lipinski definition) is 1. The van der Waals surface area contributed by atoms with E-state index in [4.69, 9.17) is 9.47 Å². The highest BCUT2D eigenvalue weighted by Gasteiger charge is 2.42. The number of hydrogen-bond acceptors (Lipinski definition) is 7. The van der Waals surface area contributed by atoms with Crippen LogP contribution in [0.5, 0.6) is 11.5 Å². The van der Waals surface area contributed by atoms with E-state index in [1.54, 1.807) is 30.2 Å². The van der Waals surface area contributed by atoms with Gasteiger partial charge < -0.3 is 14.8 Å². The van der Waals surface area contributed by atoms with Gasteiger partial charge >= 0.3 is 0 Å². The summed E-state index contributed by atoms with van der Waals surface area (Å²) in [6.45, 7) is 3.94. The van der Waals surface area contributed by atoms with Crippen molar-refractivity contribution in [2.45, 2.75) is 19.9 Å². The molecule has 8 nitrogen and oxygen atoms in total. The molecule has 2 aliphatic rings. The molecule has 4 rings (SSSR count). The van der Waals surface area contributed by atoms with Crippen LogP contribution in [0.15, 0.2) is 52.4 Å². The summed E-state index contributed by atoms with van der Waals surface area (Å²) in [5.41, 5.74) is 2.15. The molecule has 9 heteroatoms. The Morgan fingerprint density at radius 3 is 2.62 bits per heavy atom. The Bertz CT molecular complexity index is 1130. The number of amides is 2. The summed E-state index contributed by atoms with van der Waals surface area (Å²) in [6, 6.07) is 12.3. The van der Waals surface area contributed by atoms with Gasteiger partial charge in [-0.1, -0.05) is 37.7 Å². The van der Waals surface area contributed by atoms with Gasteiger partial charge in [0.25, 0.3) is 5.91 Å². The zero-order valence-corrected chi connectivity index (χ0v) is 19.1. The number of amidine groups is 2. The smallest absolute Gasteiger partial charge is 0.259 e. The summed E-state index contributed by atoms with van der Waals surface area (Å²) in [4.78, 5) is 36.5. The number of methoxy groups -OCH3 is 2. The van der Waals surface area contributed by atoms with Crippen molar-refractivity contribution >= 4 is 46.0 Å². The number of anilines is 1. The van der Waals surface area contributed by atoms with Crippen LogP contribution in [0.3, 0.4) is 0 Å². The van der Waals surface area contributed by atoms with Crippen molar-refractivity contribution in [2.24, 2.45) is 15.9 Å². The maximum absolute atomic E-state index is 13.1. The van der Waals surface area contributed by atoms with Gasteiger partial charge in [0.1, 0.15) is 11.9 Å². The second-order valence-electron chi connectivity index (χ2n) is 7.63. The lowest BCUT2D eigenvalue weighted by Crippen LogP contribution is -2.42. The second-order valence-corrected chi connectivity index (χ2v) is 8.58. The summed E-state index contributed by atoms with van der Waals surface area (Å²) >= 11 is 1.21. The molecule has 1 N–H and O–H groups in total. The van der Waals surface area contributed by atoms with Crippen LogP contribution < -0.4 is 14.8 Å². The summed E-state index contributed by atoms with van der Waals surface area (Å²) in [6.07, 6.45) is 0. The molecule has 166 valence electrons. The lowest BCUT2D eigenvalue weighted by molar-refractivity contribution is -0.125. The van der Waals surface area contributed by atoms with Crippen LogP contribution in [0.25, 0.3) is 0 Å². The molecule has 2 heterocycles. The maximum atomic E-state index is 13.1. The van der Waals surface area contributed by atoms with Crippen molar-refractivity contribution in [2.75, 3.05) is 25.3 Å². The number of benzene rings is 2. The monoisotopic (exact) mass is 452 g/mol. The number of thioether (sulfide) groups is 1. The van der Waals surface area contributed by atoms with Gasteiger partial charge in [-0.3, -0.25) is 14.6 Å². The highest BCUT2D eigenvalue weighted by molar-refractivity contribution is 8.14. The van der Waals surface area contributed by atoms with Gasteiger partial charge in [0.15, 0.2) is 16.7 Å². The van der Waals surface area contributed by atoms with E-state index >= 15 is 0 Å². The predicted molar refractivity (Wildman–Crippen MR) is 126 cm³/mol. The molecule has 0 fully saturated rings. The molecule has 0 saturated heterocycles. The van der Waals surface area contributed by atoms with Gasteiger partial charge in [-0.25, -0.2) is 9.89 Å². The van der Waals surface area contributed by atoms with Crippen molar-refractivity contribution in [3.63, 3.8) is 0 Å². The second kappa shape index (κ2) is 9.04. The molecule has 0 saturated carbocycles. The number of nitrogens with zero attached hydrogens (tertiary/aromatic N) is 3. The Labute approximate surface area is 190 Å². The first-order valence-corrected chi connectivity index (χ1v) is 11.2. The topological polar surface area (TPSA) is 92.6 Å². The van der Waals surface area contributed by atoms with E-state index in [2.05, 4.69) is 15.3 Å². The number of nitrogens with one attached hydrogen (secondary N) is 1. The van der Waals surface area contributed by atoms with Crippen molar-refractivity contribution in [3.8, 4) is 11.5 Å². The van der Waals surface area contributed by atoms with E-state index in [9.17, 15) is 9.59 Å². The normalized spacial score (nSPS) is 16.8. The van der Waals surface area contributed by atoms with E-state index in [1.807, 2.05) is 38.1 Å². The average Bonchev–Trinajstić information content (AvgIpc) is 3.15. The van der Waals surface area contributed by atoms with E-state index < -0.39 is 6.04 Å². The van der Waals surface area contributed by atoms with Gasteiger partial charge in [0, 0.05) is 17.3 Å². The number of ether oxygens (including phenoxy) is 2. The zero-order chi connectivity index (χ0) is 22.8. The molecule has 2 amide bonds. The van der Waals surface area contributed by atoms with Gasteiger partial charge in [-0.2, -0.15) is 0 Å². The van der Waals surface area contributed by atoms with Crippen LogP contribution in [-0.2, 0) is 9.59 Å². The molecule has 0 aromatic heterocycles. The van der Waals surface area contributed by atoms with E-state index in [-0.39, 0.29) is 23.5 Å². The minimum atomic E-state index is -0.456. The fourth-order valence-corrected chi connectivity index (χ4v) is 4.34. The first-order valence-electron chi connectivity index (χ1n) is 10.2. The van der Waals surface area contributed by atoms with Crippen LogP contribution in [-0.4, -0.2) is 53.7 Å². The lowest BCUT2D eigenvalue weighted by Gasteiger charge is -2.25. The average molecular weight is 453 g/mol. The fourth-order valence-electron chi connectivity index (χ4n) is 3.54. The van der Waals surface area contributed by atoms with E-state index in [0.717, 1.165) is 11.3 Å². The van der Waals surface area contributed by atoms with Gasteiger partial charge in [0.05, 0.1) is 25.7 Å². The standard InChI is InChI=1S/C23H24N4O4S/c1-13(2)20-22(29)27-21(26-20)15-7-5-6-8-16(15)25-23(27)32-12-19(28)24-14-9-10-17(30-3)18(11-14)31-4/h5-11,13,20H,12H2,1-4H3,(H,24,28). The molecule has 1 unspecified atom stereocenters. The van der Waals surface area contributed by atoms with Crippen molar-refractivity contribution in [3.05, 3.63) is 48.0 Å². The summed E-state index contributed by atoms with van der Waals surface area (Å²) < 4.78 is 10.5. The van der Waals surface area contributed by atoms with Crippen molar-refractivity contribution < 1.29 is 19.1 Å². The minimum Gasteiger partial charge on any atom is -0.493 e.